The van der Waals surface area contributed by atoms with Gasteiger partial charge in [0.05, 0.1) is 23.2 Å². The van der Waals surface area contributed by atoms with Crippen LogP contribution >= 0.6 is 0 Å². The van der Waals surface area contributed by atoms with Crippen molar-refractivity contribution in [1.82, 2.24) is 24.5 Å². The lowest BCUT2D eigenvalue weighted by Gasteiger charge is -2.09. The Kier molecular flexibility index (Phi) is 7.70. The SMILES string of the molecule is Cn1c(Nc2ccc(C(F)(F)F)cc2)nc2cc(Oc3ccnc(-c4ncc[nH]4)c3)ccc21.NCCO. The standard InChI is InChI=1S/C23H17F3N6O.C2H7NO/c1-32-20-7-6-16(33-17-8-9-27-19(13-17)21-28-10-11-29-21)12-18(20)31-22(32)30-15-4-2-14(3-5-15)23(24,25)26;3-1-2-4/h2-13H,1H3,(H,28,29)(H,30,31);4H,1-3H2. The number of halogens is 3. The third kappa shape index (κ3) is 6.23. The molecule has 37 heavy (non-hydrogen) atoms. The number of aliphatic hydroxyl groups is 1. The molecule has 5 N–H and O–H groups in total. The summed E-state index contributed by atoms with van der Waals surface area (Å²) < 4.78 is 46.1. The van der Waals surface area contributed by atoms with E-state index in [1.807, 2.05) is 23.7 Å². The summed E-state index contributed by atoms with van der Waals surface area (Å²) in [6, 6.07) is 13.8. The number of nitrogens with two attached hydrogens (primary N) is 1. The summed E-state index contributed by atoms with van der Waals surface area (Å²) in [5.74, 6) is 2.30. The van der Waals surface area contributed by atoms with Gasteiger partial charge in [-0.15, -0.1) is 0 Å². The van der Waals surface area contributed by atoms with Gasteiger partial charge in [0.25, 0.3) is 0 Å². The highest BCUT2D eigenvalue weighted by atomic mass is 19.4. The number of H-pyrrole nitrogens is 1. The van der Waals surface area contributed by atoms with Crippen LogP contribution in [0.2, 0.25) is 0 Å². The summed E-state index contributed by atoms with van der Waals surface area (Å²) in [6.07, 6.45) is 0.630. The van der Waals surface area contributed by atoms with E-state index in [0.29, 0.717) is 46.7 Å². The highest BCUT2D eigenvalue weighted by Crippen LogP contribution is 2.32. The molecule has 0 saturated heterocycles. The van der Waals surface area contributed by atoms with Crippen molar-refractivity contribution in [2.75, 3.05) is 18.5 Å². The van der Waals surface area contributed by atoms with Gasteiger partial charge in [0.2, 0.25) is 5.95 Å². The van der Waals surface area contributed by atoms with Gasteiger partial charge in [0.1, 0.15) is 17.2 Å². The van der Waals surface area contributed by atoms with E-state index >= 15 is 0 Å². The van der Waals surface area contributed by atoms with E-state index in [2.05, 4.69) is 25.3 Å². The molecule has 2 aromatic carbocycles. The Morgan fingerprint density at radius 3 is 2.41 bits per heavy atom. The third-order valence-corrected chi connectivity index (χ3v) is 5.16. The van der Waals surface area contributed by atoms with Gasteiger partial charge in [-0.2, -0.15) is 13.2 Å². The second kappa shape index (κ2) is 11.1. The fourth-order valence-electron chi connectivity index (χ4n) is 3.37. The van der Waals surface area contributed by atoms with E-state index in [4.69, 9.17) is 15.6 Å². The normalized spacial score (nSPS) is 11.2. The lowest BCUT2D eigenvalue weighted by molar-refractivity contribution is -0.137. The number of fused-ring (bicyclic) bond motifs is 1. The van der Waals surface area contributed by atoms with Crippen LogP contribution in [0.25, 0.3) is 22.6 Å². The van der Waals surface area contributed by atoms with Crippen molar-refractivity contribution in [3.8, 4) is 23.0 Å². The topological polar surface area (TPSA) is 127 Å². The summed E-state index contributed by atoms with van der Waals surface area (Å²) in [6.45, 7) is 0.472. The van der Waals surface area contributed by atoms with Gasteiger partial charge in [0, 0.05) is 50.0 Å². The van der Waals surface area contributed by atoms with E-state index < -0.39 is 11.7 Å². The number of hydrogen-bond donors (Lipinski definition) is 4. The molecule has 0 aliphatic carbocycles. The number of nitrogens with zero attached hydrogens (tertiary/aromatic N) is 4. The molecule has 0 bridgehead atoms. The number of imidazole rings is 2. The number of nitrogens with one attached hydrogen (secondary N) is 2. The molecule has 0 saturated carbocycles. The van der Waals surface area contributed by atoms with Crippen LogP contribution in [0.5, 0.6) is 11.5 Å². The van der Waals surface area contributed by atoms with E-state index in [0.717, 1.165) is 17.6 Å². The summed E-state index contributed by atoms with van der Waals surface area (Å²) in [4.78, 5) is 16.0. The highest BCUT2D eigenvalue weighted by Gasteiger charge is 2.30. The Bertz CT molecular complexity index is 1450. The maximum absolute atomic E-state index is 12.8. The number of aryl methyl sites for hydroxylation is 1. The van der Waals surface area contributed by atoms with Gasteiger partial charge in [0.15, 0.2) is 5.82 Å². The van der Waals surface area contributed by atoms with Crippen molar-refractivity contribution in [2.24, 2.45) is 12.8 Å². The number of anilines is 2. The minimum absolute atomic E-state index is 0.0972. The number of aliphatic hydroxyl groups excluding tert-OH is 1. The monoisotopic (exact) mass is 511 g/mol. The Labute approximate surface area is 209 Å². The Hall–Kier alpha value is -4.42. The fraction of sp³-hybridized carbons (Fsp3) is 0.160. The number of aromatic nitrogens is 5. The molecule has 0 aliphatic heterocycles. The van der Waals surface area contributed by atoms with Gasteiger partial charge in [-0.3, -0.25) is 4.98 Å². The summed E-state index contributed by atoms with van der Waals surface area (Å²) in [7, 11) is 1.82. The third-order valence-electron chi connectivity index (χ3n) is 5.16. The lowest BCUT2D eigenvalue weighted by Crippen LogP contribution is -2.05. The van der Waals surface area contributed by atoms with Crippen LogP contribution in [0, 0.1) is 0 Å². The van der Waals surface area contributed by atoms with Crippen molar-refractivity contribution in [3.63, 3.8) is 0 Å². The minimum atomic E-state index is -4.37. The number of alkyl halides is 3. The predicted molar refractivity (Wildman–Crippen MR) is 133 cm³/mol. The van der Waals surface area contributed by atoms with E-state index in [-0.39, 0.29) is 6.61 Å². The quantitative estimate of drug-likeness (QED) is 0.257. The molecule has 0 radical (unpaired) electrons. The first-order valence-electron chi connectivity index (χ1n) is 11.1. The van der Waals surface area contributed by atoms with Gasteiger partial charge in [-0.25, -0.2) is 9.97 Å². The number of hydrogen-bond acceptors (Lipinski definition) is 7. The maximum Gasteiger partial charge on any atom is 0.416 e. The number of ether oxygens (including phenoxy) is 1. The first kappa shape index (κ1) is 25.7. The second-order valence-electron chi connectivity index (χ2n) is 7.77. The zero-order valence-corrected chi connectivity index (χ0v) is 19.7. The average Bonchev–Trinajstić information content (AvgIpc) is 3.53. The highest BCUT2D eigenvalue weighted by molar-refractivity contribution is 5.81. The van der Waals surface area contributed by atoms with Crippen LogP contribution in [0.4, 0.5) is 24.8 Å². The molecule has 3 aromatic heterocycles. The summed E-state index contributed by atoms with van der Waals surface area (Å²) in [5.41, 5.74) is 6.73. The van der Waals surface area contributed by atoms with Gasteiger partial charge >= 0.3 is 6.18 Å². The average molecular weight is 512 g/mol. The van der Waals surface area contributed by atoms with Crippen LogP contribution in [0.15, 0.2) is 73.2 Å². The van der Waals surface area contributed by atoms with Crippen LogP contribution < -0.4 is 15.8 Å². The van der Waals surface area contributed by atoms with E-state index in [1.165, 1.54) is 12.1 Å². The first-order valence-corrected chi connectivity index (χ1v) is 11.1. The molecule has 0 aliphatic rings. The Morgan fingerprint density at radius 1 is 1.03 bits per heavy atom. The molecular formula is C25H24F3N7O2. The second-order valence-corrected chi connectivity index (χ2v) is 7.77. The van der Waals surface area contributed by atoms with Crippen LogP contribution in [-0.4, -0.2) is 42.8 Å². The number of pyridine rings is 1. The lowest BCUT2D eigenvalue weighted by atomic mass is 10.2. The predicted octanol–water partition coefficient (Wildman–Crippen LogP) is 4.85. The zero-order valence-electron chi connectivity index (χ0n) is 19.7. The van der Waals surface area contributed by atoms with Crippen molar-refractivity contribution < 1.29 is 23.0 Å². The van der Waals surface area contributed by atoms with Crippen molar-refractivity contribution >= 4 is 22.7 Å². The van der Waals surface area contributed by atoms with Gasteiger partial charge in [-0.1, -0.05) is 0 Å². The van der Waals surface area contributed by atoms with Crippen molar-refractivity contribution in [3.05, 3.63) is 78.8 Å². The molecule has 12 heteroatoms. The number of aromatic amines is 1. The largest absolute Gasteiger partial charge is 0.457 e. The zero-order chi connectivity index (χ0) is 26.4. The molecule has 5 rings (SSSR count). The summed E-state index contributed by atoms with van der Waals surface area (Å²) in [5, 5.41) is 10.8. The minimum Gasteiger partial charge on any atom is -0.457 e. The van der Waals surface area contributed by atoms with Gasteiger partial charge in [-0.05, 0) is 42.5 Å². The molecule has 9 nitrogen and oxygen atoms in total. The van der Waals surface area contributed by atoms with Gasteiger partial charge < -0.3 is 30.4 Å². The van der Waals surface area contributed by atoms with E-state index in [1.54, 1.807) is 36.8 Å². The molecule has 5 aromatic rings. The fourth-order valence-corrected chi connectivity index (χ4v) is 3.37. The molecule has 0 fully saturated rings. The number of rotatable bonds is 6. The molecule has 192 valence electrons. The molecule has 0 amide bonds. The molecule has 0 atom stereocenters. The van der Waals surface area contributed by atoms with E-state index in [9.17, 15) is 13.2 Å². The molecule has 0 spiro atoms. The molecule has 3 heterocycles. The summed E-state index contributed by atoms with van der Waals surface area (Å²) >= 11 is 0. The van der Waals surface area contributed by atoms with Crippen LogP contribution in [-0.2, 0) is 13.2 Å². The van der Waals surface area contributed by atoms with Crippen LogP contribution in [0.3, 0.4) is 0 Å². The molecular weight excluding hydrogens is 487 g/mol. The Morgan fingerprint density at radius 2 is 1.76 bits per heavy atom. The molecule has 0 unspecified atom stereocenters. The number of benzene rings is 2. The smallest absolute Gasteiger partial charge is 0.416 e. The van der Waals surface area contributed by atoms with Crippen molar-refractivity contribution in [1.29, 1.82) is 0 Å². The van der Waals surface area contributed by atoms with Crippen molar-refractivity contribution in [2.45, 2.75) is 6.18 Å². The van der Waals surface area contributed by atoms with Crippen LogP contribution in [0.1, 0.15) is 5.56 Å². The first-order chi connectivity index (χ1) is 17.8. The Balaban J connectivity index is 0.000000747. The maximum atomic E-state index is 12.8.